The number of nitrogens with zero attached hydrogens (tertiary/aromatic N) is 1. The number of hydrogen-bond acceptors (Lipinski definition) is 3. The Morgan fingerprint density at radius 3 is 3.00 bits per heavy atom. The molecule has 0 spiro atoms. The SMILES string of the molecule is Cc1nsc2c(C(N)=O)cccc12. The molecule has 0 atom stereocenters. The van der Waals surface area contributed by atoms with E-state index in [1.54, 1.807) is 6.07 Å². The quantitative estimate of drug-likeness (QED) is 0.747. The third-order valence-corrected chi connectivity index (χ3v) is 2.93. The molecule has 0 aliphatic carbocycles. The normalized spacial score (nSPS) is 10.5. The van der Waals surface area contributed by atoms with Gasteiger partial charge in [0.15, 0.2) is 0 Å². The highest BCUT2D eigenvalue weighted by Gasteiger charge is 2.09. The van der Waals surface area contributed by atoms with Crippen molar-refractivity contribution in [2.75, 3.05) is 0 Å². The van der Waals surface area contributed by atoms with Crippen LogP contribution in [0.1, 0.15) is 16.1 Å². The number of fused-ring (bicyclic) bond motifs is 1. The Morgan fingerprint density at radius 2 is 2.31 bits per heavy atom. The summed E-state index contributed by atoms with van der Waals surface area (Å²) in [6, 6.07) is 5.49. The van der Waals surface area contributed by atoms with Gasteiger partial charge in [-0.05, 0) is 24.5 Å². The van der Waals surface area contributed by atoms with Gasteiger partial charge in [0, 0.05) is 5.39 Å². The molecule has 0 fully saturated rings. The standard InChI is InChI=1S/C9H8N2OS/c1-5-6-3-2-4-7(9(10)12)8(6)13-11-5/h2-4H,1H3,(H2,10,12). The van der Waals surface area contributed by atoms with Crippen molar-refractivity contribution in [2.24, 2.45) is 5.73 Å². The number of nitrogens with two attached hydrogens (primary N) is 1. The third kappa shape index (κ3) is 1.19. The van der Waals surface area contributed by atoms with E-state index in [1.165, 1.54) is 11.5 Å². The topological polar surface area (TPSA) is 56.0 Å². The molecular weight excluding hydrogens is 184 g/mol. The van der Waals surface area contributed by atoms with E-state index >= 15 is 0 Å². The number of benzene rings is 1. The lowest BCUT2D eigenvalue weighted by Crippen LogP contribution is -2.10. The van der Waals surface area contributed by atoms with E-state index in [-0.39, 0.29) is 0 Å². The highest BCUT2D eigenvalue weighted by Crippen LogP contribution is 2.25. The summed E-state index contributed by atoms with van der Waals surface area (Å²) in [6.45, 7) is 1.92. The minimum Gasteiger partial charge on any atom is -0.366 e. The highest BCUT2D eigenvalue weighted by atomic mass is 32.1. The maximum Gasteiger partial charge on any atom is 0.250 e. The summed E-state index contributed by atoms with van der Waals surface area (Å²) >= 11 is 1.32. The lowest BCUT2D eigenvalue weighted by atomic mass is 10.1. The van der Waals surface area contributed by atoms with Gasteiger partial charge in [-0.15, -0.1) is 0 Å². The number of primary amides is 1. The average molecular weight is 192 g/mol. The van der Waals surface area contributed by atoms with Gasteiger partial charge in [0.1, 0.15) is 0 Å². The molecule has 0 aliphatic rings. The molecule has 4 heteroatoms. The second kappa shape index (κ2) is 2.81. The molecule has 0 saturated carbocycles. The summed E-state index contributed by atoms with van der Waals surface area (Å²) in [7, 11) is 0. The fourth-order valence-electron chi connectivity index (χ4n) is 1.28. The maximum absolute atomic E-state index is 11.0. The lowest BCUT2D eigenvalue weighted by Gasteiger charge is -1.95. The number of carbonyl (C=O) groups is 1. The summed E-state index contributed by atoms with van der Waals surface area (Å²) in [4.78, 5) is 11.0. The van der Waals surface area contributed by atoms with E-state index in [0.717, 1.165) is 15.8 Å². The van der Waals surface area contributed by atoms with Crippen LogP contribution in [0.3, 0.4) is 0 Å². The molecule has 1 aromatic carbocycles. The second-order valence-electron chi connectivity index (χ2n) is 2.81. The van der Waals surface area contributed by atoms with E-state index in [1.807, 2.05) is 19.1 Å². The average Bonchev–Trinajstić information content (AvgIpc) is 2.48. The second-order valence-corrected chi connectivity index (χ2v) is 3.59. The van der Waals surface area contributed by atoms with Gasteiger partial charge in [0.25, 0.3) is 0 Å². The molecule has 0 aliphatic heterocycles. The molecule has 13 heavy (non-hydrogen) atoms. The number of aromatic nitrogens is 1. The van der Waals surface area contributed by atoms with Gasteiger partial charge in [-0.3, -0.25) is 4.79 Å². The van der Waals surface area contributed by atoms with Crippen molar-refractivity contribution in [1.29, 1.82) is 0 Å². The zero-order chi connectivity index (χ0) is 9.42. The highest BCUT2D eigenvalue weighted by molar-refractivity contribution is 7.13. The first-order valence-corrected chi connectivity index (χ1v) is 4.62. The Labute approximate surface area is 79.3 Å². The molecule has 0 radical (unpaired) electrons. The van der Waals surface area contributed by atoms with Crippen LogP contribution in [0.5, 0.6) is 0 Å². The van der Waals surface area contributed by atoms with Crippen LogP contribution in [0.4, 0.5) is 0 Å². The summed E-state index contributed by atoms with van der Waals surface area (Å²) < 4.78 is 5.05. The Morgan fingerprint density at radius 1 is 1.54 bits per heavy atom. The van der Waals surface area contributed by atoms with Crippen molar-refractivity contribution in [3.63, 3.8) is 0 Å². The molecule has 2 aromatic rings. The zero-order valence-corrected chi connectivity index (χ0v) is 7.89. The van der Waals surface area contributed by atoms with Crippen LogP contribution in [0, 0.1) is 6.92 Å². The van der Waals surface area contributed by atoms with Crippen molar-refractivity contribution in [3.8, 4) is 0 Å². The first kappa shape index (κ1) is 8.19. The van der Waals surface area contributed by atoms with Gasteiger partial charge >= 0.3 is 0 Å². The van der Waals surface area contributed by atoms with Crippen molar-refractivity contribution >= 4 is 27.5 Å². The van der Waals surface area contributed by atoms with E-state index in [9.17, 15) is 4.79 Å². The van der Waals surface area contributed by atoms with Gasteiger partial charge in [0.05, 0.1) is 16.0 Å². The van der Waals surface area contributed by atoms with Crippen molar-refractivity contribution in [3.05, 3.63) is 29.5 Å². The third-order valence-electron chi connectivity index (χ3n) is 1.94. The van der Waals surface area contributed by atoms with Gasteiger partial charge in [-0.25, -0.2) is 0 Å². The van der Waals surface area contributed by atoms with Crippen LogP contribution in [-0.2, 0) is 0 Å². The number of aryl methyl sites for hydroxylation is 1. The molecule has 0 unspecified atom stereocenters. The minimum absolute atomic E-state index is 0.394. The van der Waals surface area contributed by atoms with Crippen molar-refractivity contribution in [1.82, 2.24) is 4.37 Å². The van der Waals surface area contributed by atoms with Crippen LogP contribution in [0.25, 0.3) is 10.1 Å². The molecule has 1 heterocycles. The van der Waals surface area contributed by atoms with E-state index in [2.05, 4.69) is 4.37 Å². The maximum atomic E-state index is 11.0. The molecule has 2 rings (SSSR count). The Hall–Kier alpha value is -1.42. The number of rotatable bonds is 1. The fourth-order valence-corrected chi connectivity index (χ4v) is 2.19. The first-order valence-electron chi connectivity index (χ1n) is 3.85. The predicted molar refractivity (Wildman–Crippen MR) is 52.9 cm³/mol. The lowest BCUT2D eigenvalue weighted by molar-refractivity contribution is 0.100. The van der Waals surface area contributed by atoms with E-state index in [4.69, 9.17) is 5.73 Å². The van der Waals surface area contributed by atoms with Crippen LogP contribution in [0.2, 0.25) is 0 Å². The number of hydrogen-bond donors (Lipinski definition) is 1. The molecular formula is C9H8N2OS. The van der Waals surface area contributed by atoms with Crippen molar-refractivity contribution in [2.45, 2.75) is 6.92 Å². The Balaban J connectivity index is 2.84. The minimum atomic E-state index is -0.394. The Bertz CT molecular complexity index is 475. The van der Waals surface area contributed by atoms with Gasteiger partial charge in [0.2, 0.25) is 5.91 Å². The van der Waals surface area contributed by atoms with E-state index < -0.39 is 5.91 Å². The first-order chi connectivity index (χ1) is 6.20. The fraction of sp³-hybridized carbons (Fsp3) is 0.111. The molecule has 3 nitrogen and oxygen atoms in total. The number of carbonyl (C=O) groups excluding carboxylic acids is 1. The monoisotopic (exact) mass is 192 g/mol. The van der Waals surface area contributed by atoms with Crippen LogP contribution in [0.15, 0.2) is 18.2 Å². The van der Waals surface area contributed by atoms with Crippen LogP contribution >= 0.6 is 11.5 Å². The van der Waals surface area contributed by atoms with Gasteiger partial charge in [-0.1, -0.05) is 12.1 Å². The Kier molecular flexibility index (Phi) is 1.77. The summed E-state index contributed by atoms with van der Waals surface area (Å²) in [5.41, 5.74) is 6.73. The smallest absolute Gasteiger partial charge is 0.250 e. The summed E-state index contributed by atoms with van der Waals surface area (Å²) in [6.07, 6.45) is 0. The molecule has 2 N–H and O–H groups in total. The van der Waals surface area contributed by atoms with Gasteiger partial charge in [-0.2, -0.15) is 4.37 Å². The molecule has 0 bridgehead atoms. The molecule has 0 saturated heterocycles. The molecule has 66 valence electrons. The van der Waals surface area contributed by atoms with E-state index in [0.29, 0.717) is 5.56 Å². The molecule has 1 amide bonds. The van der Waals surface area contributed by atoms with Crippen molar-refractivity contribution < 1.29 is 4.79 Å². The van der Waals surface area contributed by atoms with Crippen LogP contribution in [-0.4, -0.2) is 10.3 Å². The molecule has 1 aromatic heterocycles. The number of amides is 1. The largest absolute Gasteiger partial charge is 0.366 e. The summed E-state index contributed by atoms with van der Waals surface area (Å²) in [5.74, 6) is -0.394. The van der Waals surface area contributed by atoms with Crippen LogP contribution < -0.4 is 5.73 Å². The zero-order valence-electron chi connectivity index (χ0n) is 7.07. The summed E-state index contributed by atoms with van der Waals surface area (Å²) in [5, 5.41) is 1.02. The predicted octanol–water partition coefficient (Wildman–Crippen LogP) is 1.70. The van der Waals surface area contributed by atoms with Gasteiger partial charge < -0.3 is 5.73 Å².